The fourth-order valence-corrected chi connectivity index (χ4v) is 1.52. The number of sulfone groups is 1. The van der Waals surface area contributed by atoms with Crippen LogP contribution in [0.5, 0.6) is 0 Å². The van der Waals surface area contributed by atoms with E-state index in [0.717, 1.165) is 19.3 Å². The third kappa shape index (κ3) is 4.23. The lowest BCUT2D eigenvalue weighted by Crippen LogP contribution is -2.57. The summed E-state index contributed by atoms with van der Waals surface area (Å²) in [6.45, 7) is 1.56. The number of carbonyl (C=O) groups excluding carboxylic acids is 1. The average Bonchev–Trinajstić information content (AvgIpc) is 1.91. The van der Waals surface area contributed by atoms with Gasteiger partial charge >= 0.3 is 0 Å². The van der Waals surface area contributed by atoms with Crippen molar-refractivity contribution in [3.8, 4) is 0 Å². The zero-order valence-corrected chi connectivity index (χ0v) is 8.36. The monoisotopic (exact) mass is 206 g/mol. The highest BCUT2D eigenvalue weighted by atomic mass is 32.2. The molecule has 0 radical (unpaired) electrons. The summed E-state index contributed by atoms with van der Waals surface area (Å²) in [5.41, 5.74) is 0. The van der Waals surface area contributed by atoms with Gasteiger partial charge in [0.1, 0.15) is 9.84 Å². The molecule has 1 saturated heterocycles. The van der Waals surface area contributed by atoms with Crippen LogP contribution in [-0.4, -0.2) is 45.5 Å². The van der Waals surface area contributed by atoms with Gasteiger partial charge in [0.05, 0.1) is 11.8 Å². The highest BCUT2D eigenvalue weighted by Crippen LogP contribution is 1.93. The van der Waals surface area contributed by atoms with Crippen LogP contribution in [0.1, 0.15) is 6.42 Å². The Kier molecular flexibility index (Phi) is 3.27. The van der Waals surface area contributed by atoms with Gasteiger partial charge in [0.25, 0.3) is 0 Å². The average molecular weight is 206 g/mol. The molecule has 0 aromatic carbocycles. The topological polar surface area (TPSA) is 75.3 Å². The molecule has 6 heteroatoms. The van der Waals surface area contributed by atoms with Crippen molar-refractivity contribution in [1.82, 2.24) is 10.6 Å². The minimum Gasteiger partial charge on any atom is -0.351 e. The molecule has 0 aromatic rings. The van der Waals surface area contributed by atoms with Gasteiger partial charge in [-0.25, -0.2) is 8.42 Å². The normalized spacial score (nSPS) is 17.9. The van der Waals surface area contributed by atoms with E-state index in [2.05, 4.69) is 10.6 Å². The Labute approximate surface area is 77.8 Å². The highest BCUT2D eigenvalue weighted by Gasteiger charge is 2.18. The van der Waals surface area contributed by atoms with E-state index in [1.807, 2.05) is 0 Å². The summed E-state index contributed by atoms with van der Waals surface area (Å²) in [7, 11) is -3.02. The Hall–Kier alpha value is -0.620. The summed E-state index contributed by atoms with van der Waals surface area (Å²) in [6.07, 6.45) is 1.19. The lowest BCUT2D eigenvalue weighted by molar-refractivity contribution is -0.121. The quantitative estimate of drug-likeness (QED) is 0.587. The standard InChI is InChI=1S/C7H14N2O3S/c1-13(11,12)3-2-7(10)9-6-4-8-5-6/h6,8H,2-5H2,1H3,(H,9,10). The molecule has 1 aliphatic rings. The third-order valence-electron chi connectivity index (χ3n) is 1.85. The Bertz CT molecular complexity index is 282. The van der Waals surface area contributed by atoms with Crippen molar-refractivity contribution in [1.29, 1.82) is 0 Å². The van der Waals surface area contributed by atoms with E-state index in [1.165, 1.54) is 0 Å². The number of nitrogens with one attached hydrogen (secondary N) is 2. The fraction of sp³-hybridized carbons (Fsp3) is 0.857. The lowest BCUT2D eigenvalue weighted by atomic mass is 10.2. The van der Waals surface area contributed by atoms with Gasteiger partial charge in [-0.3, -0.25) is 4.79 Å². The number of hydrogen-bond donors (Lipinski definition) is 2. The zero-order chi connectivity index (χ0) is 9.90. The van der Waals surface area contributed by atoms with Crippen LogP contribution in [0.2, 0.25) is 0 Å². The molecule has 1 amide bonds. The molecule has 0 unspecified atom stereocenters. The first kappa shape index (κ1) is 10.5. The molecule has 1 fully saturated rings. The van der Waals surface area contributed by atoms with Crippen molar-refractivity contribution in [2.45, 2.75) is 12.5 Å². The second kappa shape index (κ2) is 4.06. The van der Waals surface area contributed by atoms with E-state index in [4.69, 9.17) is 0 Å². The number of hydrogen-bond acceptors (Lipinski definition) is 4. The van der Waals surface area contributed by atoms with E-state index >= 15 is 0 Å². The van der Waals surface area contributed by atoms with Crippen LogP contribution >= 0.6 is 0 Å². The first-order chi connectivity index (χ1) is 5.97. The van der Waals surface area contributed by atoms with E-state index in [-0.39, 0.29) is 24.1 Å². The molecule has 1 aliphatic heterocycles. The van der Waals surface area contributed by atoms with E-state index in [1.54, 1.807) is 0 Å². The van der Waals surface area contributed by atoms with Crippen molar-refractivity contribution < 1.29 is 13.2 Å². The molecule has 0 saturated carbocycles. The van der Waals surface area contributed by atoms with Crippen LogP contribution in [0.15, 0.2) is 0 Å². The first-order valence-electron chi connectivity index (χ1n) is 4.15. The summed E-state index contributed by atoms with van der Waals surface area (Å²) < 4.78 is 21.4. The Balaban J connectivity index is 2.17. The largest absolute Gasteiger partial charge is 0.351 e. The summed E-state index contributed by atoms with van der Waals surface area (Å²) in [5, 5.41) is 5.73. The SMILES string of the molecule is CS(=O)(=O)CCC(=O)NC1CNC1. The Morgan fingerprint density at radius 3 is 2.54 bits per heavy atom. The van der Waals surface area contributed by atoms with E-state index in [9.17, 15) is 13.2 Å². The minimum atomic E-state index is -3.02. The molecule has 76 valence electrons. The van der Waals surface area contributed by atoms with Crippen molar-refractivity contribution in [3.63, 3.8) is 0 Å². The van der Waals surface area contributed by atoms with Gasteiger partial charge in [-0.05, 0) is 0 Å². The van der Waals surface area contributed by atoms with Crippen LogP contribution in [0.4, 0.5) is 0 Å². The van der Waals surface area contributed by atoms with Gasteiger partial charge in [0.2, 0.25) is 5.91 Å². The van der Waals surface area contributed by atoms with Crippen LogP contribution in [0, 0.1) is 0 Å². The molecule has 0 bridgehead atoms. The smallest absolute Gasteiger partial charge is 0.221 e. The predicted octanol–water partition coefficient (Wildman–Crippen LogP) is -1.49. The summed E-state index contributed by atoms with van der Waals surface area (Å²) >= 11 is 0. The molecule has 0 atom stereocenters. The first-order valence-corrected chi connectivity index (χ1v) is 6.21. The maximum absolute atomic E-state index is 11.1. The van der Waals surface area contributed by atoms with Crippen molar-refractivity contribution in [2.24, 2.45) is 0 Å². The van der Waals surface area contributed by atoms with Gasteiger partial charge < -0.3 is 10.6 Å². The third-order valence-corrected chi connectivity index (χ3v) is 2.79. The van der Waals surface area contributed by atoms with Crippen molar-refractivity contribution >= 4 is 15.7 Å². The summed E-state index contributed by atoms with van der Waals surface area (Å²) in [5.74, 6) is -0.254. The molecule has 0 aliphatic carbocycles. The van der Waals surface area contributed by atoms with Crippen LogP contribution in [0.25, 0.3) is 0 Å². The summed E-state index contributed by atoms with van der Waals surface area (Å²) in [4.78, 5) is 11.1. The molecule has 1 rings (SSSR count). The number of rotatable bonds is 4. The van der Waals surface area contributed by atoms with Gasteiger partial charge in [0.15, 0.2) is 0 Å². The van der Waals surface area contributed by atoms with Crippen molar-refractivity contribution in [2.75, 3.05) is 25.1 Å². The maximum atomic E-state index is 11.1. The van der Waals surface area contributed by atoms with E-state index in [0.29, 0.717) is 0 Å². The lowest BCUT2D eigenvalue weighted by Gasteiger charge is -2.27. The van der Waals surface area contributed by atoms with Crippen LogP contribution in [0.3, 0.4) is 0 Å². The van der Waals surface area contributed by atoms with Crippen LogP contribution < -0.4 is 10.6 Å². The Morgan fingerprint density at radius 2 is 2.15 bits per heavy atom. The number of amides is 1. The summed E-state index contributed by atoms with van der Waals surface area (Å²) in [6, 6.07) is 0.187. The molecule has 0 spiro atoms. The highest BCUT2D eigenvalue weighted by molar-refractivity contribution is 7.90. The fourth-order valence-electron chi connectivity index (χ4n) is 0.969. The minimum absolute atomic E-state index is 0.0648. The second-order valence-corrected chi connectivity index (χ2v) is 5.56. The van der Waals surface area contributed by atoms with Gasteiger partial charge in [-0.2, -0.15) is 0 Å². The molecule has 0 aromatic heterocycles. The van der Waals surface area contributed by atoms with Gasteiger partial charge in [0, 0.05) is 25.8 Å². The molecule has 1 heterocycles. The Morgan fingerprint density at radius 1 is 1.54 bits per heavy atom. The zero-order valence-electron chi connectivity index (χ0n) is 7.54. The molecular formula is C7H14N2O3S. The van der Waals surface area contributed by atoms with E-state index < -0.39 is 9.84 Å². The number of carbonyl (C=O) groups is 1. The molecule has 2 N–H and O–H groups in total. The van der Waals surface area contributed by atoms with Crippen LogP contribution in [-0.2, 0) is 14.6 Å². The van der Waals surface area contributed by atoms with Gasteiger partial charge in [-0.15, -0.1) is 0 Å². The maximum Gasteiger partial charge on any atom is 0.221 e. The molecular weight excluding hydrogens is 192 g/mol. The predicted molar refractivity (Wildman–Crippen MR) is 49.1 cm³/mol. The van der Waals surface area contributed by atoms with Gasteiger partial charge in [-0.1, -0.05) is 0 Å². The molecule has 5 nitrogen and oxygen atoms in total. The molecule has 13 heavy (non-hydrogen) atoms. The van der Waals surface area contributed by atoms with Crippen molar-refractivity contribution in [3.05, 3.63) is 0 Å². The second-order valence-electron chi connectivity index (χ2n) is 3.30.